The summed E-state index contributed by atoms with van der Waals surface area (Å²) < 4.78 is 10.7. The van der Waals surface area contributed by atoms with Gasteiger partial charge in [-0.3, -0.25) is 0 Å². The van der Waals surface area contributed by atoms with Gasteiger partial charge in [-0.25, -0.2) is 4.98 Å². The molecule has 0 radical (unpaired) electrons. The predicted molar refractivity (Wildman–Crippen MR) is 77.7 cm³/mol. The molecular weight excluding hydrogens is 250 g/mol. The Morgan fingerprint density at radius 3 is 2.60 bits per heavy atom. The molecule has 0 aliphatic heterocycles. The van der Waals surface area contributed by atoms with Crippen molar-refractivity contribution in [3.8, 4) is 17.6 Å². The summed E-state index contributed by atoms with van der Waals surface area (Å²) in [6.45, 7) is 2.02. The SMILES string of the molecule is COc1ccc(C#Cc2nc3ccc(C)cc3o2)cc1. The molecule has 0 N–H and O–H groups in total. The van der Waals surface area contributed by atoms with Crippen LogP contribution in [0, 0.1) is 18.8 Å². The van der Waals surface area contributed by atoms with Crippen molar-refractivity contribution in [1.29, 1.82) is 0 Å². The standard InChI is InChI=1S/C17H13NO2/c1-12-3-9-15-16(11-12)20-17(18-15)10-6-13-4-7-14(19-2)8-5-13/h3-5,7-9,11H,1-2H3. The van der Waals surface area contributed by atoms with Crippen LogP contribution in [-0.2, 0) is 0 Å². The average molecular weight is 263 g/mol. The first kappa shape index (κ1) is 12.3. The fourth-order valence-electron chi connectivity index (χ4n) is 1.89. The Morgan fingerprint density at radius 1 is 1.05 bits per heavy atom. The van der Waals surface area contributed by atoms with Gasteiger partial charge in [0.15, 0.2) is 5.58 Å². The van der Waals surface area contributed by atoms with E-state index in [1.807, 2.05) is 49.4 Å². The number of hydrogen-bond donors (Lipinski definition) is 0. The molecule has 2 aromatic carbocycles. The zero-order valence-electron chi connectivity index (χ0n) is 11.3. The lowest BCUT2D eigenvalue weighted by Crippen LogP contribution is -1.82. The molecule has 0 amide bonds. The lowest BCUT2D eigenvalue weighted by Gasteiger charge is -1.97. The molecule has 3 aromatic rings. The number of hydrogen-bond acceptors (Lipinski definition) is 3. The molecule has 3 heteroatoms. The van der Waals surface area contributed by atoms with Crippen LogP contribution in [0.3, 0.4) is 0 Å². The number of rotatable bonds is 1. The van der Waals surface area contributed by atoms with Crippen LogP contribution in [0.15, 0.2) is 46.9 Å². The summed E-state index contributed by atoms with van der Waals surface area (Å²) >= 11 is 0. The molecule has 0 unspecified atom stereocenters. The molecule has 1 aromatic heterocycles. The third-order valence-electron chi connectivity index (χ3n) is 2.95. The van der Waals surface area contributed by atoms with E-state index in [1.165, 1.54) is 0 Å². The van der Waals surface area contributed by atoms with Gasteiger partial charge in [0.05, 0.1) is 7.11 Å². The minimum Gasteiger partial charge on any atom is -0.497 e. The van der Waals surface area contributed by atoms with Crippen molar-refractivity contribution < 1.29 is 9.15 Å². The van der Waals surface area contributed by atoms with Crippen molar-refractivity contribution in [1.82, 2.24) is 4.98 Å². The molecule has 0 aliphatic carbocycles. The van der Waals surface area contributed by atoms with Gasteiger partial charge in [-0.1, -0.05) is 12.0 Å². The fraction of sp³-hybridized carbons (Fsp3) is 0.118. The van der Waals surface area contributed by atoms with Crippen LogP contribution in [-0.4, -0.2) is 12.1 Å². The summed E-state index contributed by atoms with van der Waals surface area (Å²) in [4.78, 5) is 4.34. The van der Waals surface area contributed by atoms with Crippen LogP contribution in [0.4, 0.5) is 0 Å². The van der Waals surface area contributed by atoms with E-state index in [0.29, 0.717) is 5.89 Å². The van der Waals surface area contributed by atoms with E-state index in [0.717, 1.165) is 28.0 Å². The third kappa shape index (κ3) is 2.50. The first-order chi connectivity index (χ1) is 9.74. The van der Waals surface area contributed by atoms with Gasteiger partial charge in [0.25, 0.3) is 5.89 Å². The molecule has 0 aliphatic rings. The van der Waals surface area contributed by atoms with Crippen LogP contribution < -0.4 is 4.74 Å². The maximum absolute atomic E-state index is 5.61. The highest BCUT2D eigenvalue weighted by Crippen LogP contribution is 2.16. The zero-order chi connectivity index (χ0) is 13.9. The van der Waals surface area contributed by atoms with E-state index in [1.54, 1.807) is 7.11 Å². The first-order valence-electron chi connectivity index (χ1n) is 6.28. The molecule has 3 nitrogen and oxygen atoms in total. The van der Waals surface area contributed by atoms with Crippen molar-refractivity contribution in [3.05, 3.63) is 59.5 Å². The van der Waals surface area contributed by atoms with E-state index in [2.05, 4.69) is 16.8 Å². The van der Waals surface area contributed by atoms with Crippen molar-refractivity contribution in [3.63, 3.8) is 0 Å². The third-order valence-corrected chi connectivity index (χ3v) is 2.95. The summed E-state index contributed by atoms with van der Waals surface area (Å²) in [6.07, 6.45) is 0. The minimum atomic E-state index is 0.432. The van der Waals surface area contributed by atoms with Crippen molar-refractivity contribution in [2.75, 3.05) is 7.11 Å². The summed E-state index contributed by atoms with van der Waals surface area (Å²) in [7, 11) is 1.64. The first-order valence-corrected chi connectivity index (χ1v) is 6.28. The Kier molecular flexibility index (Phi) is 3.14. The Hall–Kier alpha value is -2.73. The van der Waals surface area contributed by atoms with Gasteiger partial charge in [0, 0.05) is 5.56 Å². The van der Waals surface area contributed by atoms with Crippen LogP contribution in [0.2, 0.25) is 0 Å². The fourth-order valence-corrected chi connectivity index (χ4v) is 1.89. The number of oxazole rings is 1. The highest BCUT2D eigenvalue weighted by molar-refractivity contribution is 5.73. The summed E-state index contributed by atoms with van der Waals surface area (Å²) in [5, 5.41) is 0. The maximum Gasteiger partial charge on any atom is 0.274 e. The van der Waals surface area contributed by atoms with Crippen molar-refractivity contribution in [2.45, 2.75) is 6.92 Å². The molecule has 0 fully saturated rings. The largest absolute Gasteiger partial charge is 0.497 e. The Bertz CT molecular complexity index is 804. The van der Waals surface area contributed by atoms with Gasteiger partial charge in [-0.05, 0) is 54.8 Å². The molecule has 1 heterocycles. The molecular formula is C17H13NO2. The number of ether oxygens (including phenoxy) is 1. The lowest BCUT2D eigenvalue weighted by atomic mass is 10.2. The zero-order valence-corrected chi connectivity index (χ0v) is 11.3. The summed E-state index contributed by atoms with van der Waals surface area (Å²) in [5.41, 5.74) is 3.63. The number of benzene rings is 2. The molecule has 20 heavy (non-hydrogen) atoms. The van der Waals surface area contributed by atoms with E-state index in [-0.39, 0.29) is 0 Å². The second-order valence-corrected chi connectivity index (χ2v) is 4.47. The van der Waals surface area contributed by atoms with E-state index in [9.17, 15) is 0 Å². The highest BCUT2D eigenvalue weighted by atomic mass is 16.5. The molecule has 0 bridgehead atoms. The van der Waals surface area contributed by atoms with Gasteiger partial charge < -0.3 is 9.15 Å². The molecule has 3 rings (SSSR count). The Balaban J connectivity index is 1.90. The predicted octanol–water partition coefficient (Wildman–Crippen LogP) is 3.54. The summed E-state index contributed by atoms with van der Waals surface area (Å²) in [5.74, 6) is 7.21. The molecule has 0 atom stereocenters. The molecule has 0 saturated carbocycles. The quantitative estimate of drug-likeness (QED) is 0.630. The molecule has 0 saturated heterocycles. The smallest absolute Gasteiger partial charge is 0.274 e. The van der Waals surface area contributed by atoms with E-state index in [4.69, 9.17) is 9.15 Å². The number of methoxy groups -OCH3 is 1. The van der Waals surface area contributed by atoms with Crippen molar-refractivity contribution >= 4 is 11.1 Å². The summed E-state index contributed by atoms with van der Waals surface area (Å²) in [6, 6.07) is 13.5. The maximum atomic E-state index is 5.61. The lowest BCUT2D eigenvalue weighted by molar-refractivity contribution is 0.415. The monoisotopic (exact) mass is 263 g/mol. The Labute approximate surface area is 117 Å². The normalized spacial score (nSPS) is 10.1. The van der Waals surface area contributed by atoms with Crippen LogP contribution in [0.1, 0.15) is 17.0 Å². The van der Waals surface area contributed by atoms with Crippen LogP contribution >= 0.6 is 0 Å². The van der Waals surface area contributed by atoms with E-state index >= 15 is 0 Å². The highest BCUT2D eigenvalue weighted by Gasteiger charge is 2.02. The van der Waals surface area contributed by atoms with Crippen LogP contribution in [0.25, 0.3) is 11.1 Å². The molecule has 0 spiro atoms. The van der Waals surface area contributed by atoms with Gasteiger partial charge in [-0.15, -0.1) is 0 Å². The van der Waals surface area contributed by atoms with Crippen molar-refractivity contribution in [2.24, 2.45) is 0 Å². The van der Waals surface area contributed by atoms with Gasteiger partial charge in [-0.2, -0.15) is 0 Å². The van der Waals surface area contributed by atoms with E-state index < -0.39 is 0 Å². The topological polar surface area (TPSA) is 35.3 Å². The number of fused-ring (bicyclic) bond motifs is 1. The number of nitrogens with zero attached hydrogens (tertiary/aromatic N) is 1. The second-order valence-electron chi connectivity index (χ2n) is 4.47. The minimum absolute atomic E-state index is 0.432. The number of aryl methyl sites for hydroxylation is 1. The van der Waals surface area contributed by atoms with Gasteiger partial charge in [0.2, 0.25) is 0 Å². The number of aromatic nitrogens is 1. The Morgan fingerprint density at radius 2 is 1.85 bits per heavy atom. The van der Waals surface area contributed by atoms with Gasteiger partial charge in [0.1, 0.15) is 11.3 Å². The average Bonchev–Trinajstić information content (AvgIpc) is 2.87. The van der Waals surface area contributed by atoms with Gasteiger partial charge >= 0.3 is 0 Å². The second kappa shape index (κ2) is 5.10. The van der Waals surface area contributed by atoms with Crippen LogP contribution in [0.5, 0.6) is 5.75 Å². The molecule has 98 valence electrons.